The normalized spacial score (nSPS) is 32.1. The maximum Gasteiger partial charge on any atom is 0.508 e. The molecule has 0 spiro atoms. The van der Waals surface area contributed by atoms with Crippen LogP contribution in [0.2, 0.25) is 0 Å². The van der Waals surface area contributed by atoms with Gasteiger partial charge in [-0.2, -0.15) is 0 Å². The van der Waals surface area contributed by atoms with Crippen LogP contribution in [-0.4, -0.2) is 112 Å². The first-order valence-electron chi connectivity index (χ1n) is 19.9. The van der Waals surface area contributed by atoms with Crippen molar-refractivity contribution in [3.05, 3.63) is 82.9 Å². The van der Waals surface area contributed by atoms with Crippen molar-refractivity contribution in [1.29, 1.82) is 0 Å². The smallest absolute Gasteiger partial charge is 0.456 e. The molecule has 1 aliphatic heterocycles. The third-order valence-electron chi connectivity index (χ3n) is 13.1. The van der Waals surface area contributed by atoms with Gasteiger partial charge in [-0.1, -0.05) is 104 Å². The van der Waals surface area contributed by atoms with E-state index in [0.717, 1.165) is 14.3 Å². The predicted molar refractivity (Wildman–Crippen MR) is 224 cm³/mol. The highest BCUT2D eigenvalue weighted by Crippen LogP contribution is 2.65. The number of nitrogens with one attached hydrogen (secondary N) is 1. The average molecular weight is 920 g/mol. The Balaban J connectivity index is 1.54. The first-order valence-corrected chi connectivity index (χ1v) is 21.1. The number of hydrogen-bond acceptors (Lipinski definition) is 15. The van der Waals surface area contributed by atoms with Crippen LogP contribution in [-0.2, 0) is 47.6 Å². The summed E-state index contributed by atoms with van der Waals surface area (Å²) in [6.45, 7) is 8.17. The molecular weight excluding hydrogens is 872 g/mol. The average Bonchev–Trinajstić information content (AvgIpc) is 3.21. The first kappa shape index (κ1) is 47.5. The third-order valence-corrected chi connectivity index (χ3v) is 13.4. The van der Waals surface area contributed by atoms with E-state index in [1.54, 1.807) is 76.2 Å². The summed E-state index contributed by atoms with van der Waals surface area (Å²) in [5, 5.41) is 27.9. The molecule has 19 heteroatoms. The van der Waals surface area contributed by atoms with Crippen LogP contribution in [0.25, 0.3) is 0 Å². The Labute approximate surface area is 374 Å². The molecule has 2 aromatic rings. The lowest BCUT2D eigenvalue weighted by Gasteiger charge is -2.67. The summed E-state index contributed by atoms with van der Waals surface area (Å²) in [5.41, 5.74) is -6.30. The first-order chi connectivity index (χ1) is 29.0. The summed E-state index contributed by atoms with van der Waals surface area (Å²) in [6.07, 6.45) is -9.10. The number of alkyl halides is 3. The fraction of sp³-hybridized carbons (Fsp3) is 0.535. The number of Topliss-reactive ketones (excluding diaryl/α,β-unsaturated/α-hetero) is 1. The Morgan fingerprint density at radius 2 is 1.65 bits per heavy atom. The van der Waals surface area contributed by atoms with Gasteiger partial charge in [0.25, 0.3) is 7.41 Å². The maximum absolute atomic E-state index is 15.7. The van der Waals surface area contributed by atoms with E-state index >= 15 is 4.79 Å². The van der Waals surface area contributed by atoms with Crippen molar-refractivity contribution >= 4 is 78.2 Å². The molecule has 2 bridgehead atoms. The van der Waals surface area contributed by atoms with Gasteiger partial charge in [-0.15, -0.1) is 0 Å². The minimum absolute atomic E-state index is 0.0691. The largest absolute Gasteiger partial charge is 0.508 e. The predicted octanol–water partition coefficient (Wildman–Crippen LogP) is 4.94. The van der Waals surface area contributed by atoms with Crippen LogP contribution in [0.5, 0.6) is 0 Å². The highest BCUT2D eigenvalue weighted by molar-refractivity contribution is 6.67. The summed E-state index contributed by atoms with van der Waals surface area (Å²) in [6, 6.07) is 15.1. The van der Waals surface area contributed by atoms with Gasteiger partial charge in [0.05, 0.1) is 35.7 Å². The molecule has 62 heavy (non-hydrogen) atoms. The van der Waals surface area contributed by atoms with Crippen molar-refractivity contribution < 1.29 is 67.4 Å². The molecule has 0 unspecified atom stereocenters. The summed E-state index contributed by atoms with van der Waals surface area (Å²) in [4.78, 5) is 81.8. The zero-order valence-corrected chi connectivity index (χ0v) is 37.1. The fourth-order valence-electron chi connectivity index (χ4n) is 10.2. The van der Waals surface area contributed by atoms with E-state index in [0.29, 0.717) is 22.9 Å². The summed E-state index contributed by atoms with van der Waals surface area (Å²) < 4.78 is 33.7. The molecule has 1 radical (unpaired) electrons. The molecule has 1 heterocycles. The quantitative estimate of drug-likeness (QED) is 0.0643. The van der Waals surface area contributed by atoms with Gasteiger partial charge in [0.2, 0.25) is 3.79 Å². The van der Waals surface area contributed by atoms with E-state index in [-0.39, 0.29) is 18.6 Å². The van der Waals surface area contributed by atoms with Crippen molar-refractivity contribution in [2.45, 2.75) is 106 Å². The van der Waals surface area contributed by atoms with Gasteiger partial charge < -0.3 is 48.7 Å². The third kappa shape index (κ3) is 8.51. The zero-order chi connectivity index (χ0) is 45.6. The van der Waals surface area contributed by atoms with E-state index in [1.165, 1.54) is 19.1 Å². The van der Waals surface area contributed by atoms with Gasteiger partial charge in [0, 0.05) is 31.1 Å². The molecule has 11 atom stereocenters. The monoisotopic (exact) mass is 918 g/mol. The minimum Gasteiger partial charge on any atom is -0.456 e. The Morgan fingerprint density at radius 3 is 2.21 bits per heavy atom. The van der Waals surface area contributed by atoms with Crippen molar-refractivity contribution in [1.82, 2.24) is 5.23 Å². The van der Waals surface area contributed by atoms with E-state index < -0.39 is 117 Å². The van der Waals surface area contributed by atoms with Crippen molar-refractivity contribution in [3.8, 4) is 0 Å². The molecule has 3 aliphatic carbocycles. The second kappa shape index (κ2) is 17.9. The number of ketones is 1. The summed E-state index contributed by atoms with van der Waals surface area (Å²) in [7, 11) is 1.03. The van der Waals surface area contributed by atoms with Crippen LogP contribution in [0.4, 0.5) is 4.79 Å². The Bertz CT molecular complexity index is 2100. The number of fused-ring (bicyclic) bond motifs is 5. The molecule has 2 saturated carbocycles. The van der Waals surface area contributed by atoms with Crippen LogP contribution in [0.15, 0.2) is 71.8 Å². The lowest BCUT2D eigenvalue weighted by molar-refractivity contribution is -0.345. The molecule has 1 saturated heterocycles. The number of aliphatic hydroxyl groups is 2. The Hall–Kier alpha value is -4.03. The Kier molecular flexibility index (Phi) is 13.7. The molecule has 3 N–H and O–H groups in total. The lowest BCUT2D eigenvalue weighted by Crippen LogP contribution is -2.81. The van der Waals surface area contributed by atoms with Crippen LogP contribution in [0.3, 0.4) is 0 Å². The van der Waals surface area contributed by atoms with Crippen molar-refractivity contribution in [2.24, 2.45) is 22.7 Å². The van der Waals surface area contributed by atoms with Gasteiger partial charge in [0.1, 0.15) is 42.4 Å². The number of ether oxygens (including phenoxy) is 6. The van der Waals surface area contributed by atoms with Gasteiger partial charge in [0.15, 0.2) is 11.7 Å². The molecule has 0 aromatic heterocycles. The maximum atomic E-state index is 15.7. The number of carbonyl (C=O) groups excluding carboxylic acids is 6. The van der Waals surface area contributed by atoms with Crippen LogP contribution in [0, 0.1) is 22.7 Å². The van der Waals surface area contributed by atoms with Gasteiger partial charge >= 0.3 is 24.1 Å². The van der Waals surface area contributed by atoms with Gasteiger partial charge in [-0.25, -0.2) is 14.4 Å². The van der Waals surface area contributed by atoms with Gasteiger partial charge in [-0.05, 0) is 42.7 Å². The van der Waals surface area contributed by atoms with E-state index in [1.807, 2.05) is 0 Å². The second-order valence-electron chi connectivity index (χ2n) is 17.0. The SMILES string of the molecule is CC(=O)O[C@@]12CO[C@@H]1C[C@H](OC(=O)OCC(Cl)(Cl)Cl)[C@@]1(C)C(=O)[C@H](C)C3=C(C)[C@@H](OC(=O)[C@H](O)[C@@H](N[B]C=O)c4ccccc4)C[C@@](O)([C@@H](OC(=O)c4ccccc4)[C@H]21)C3(C)C. The Morgan fingerprint density at radius 1 is 1.02 bits per heavy atom. The fourth-order valence-corrected chi connectivity index (χ4v) is 10.4. The number of benzene rings is 2. The van der Waals surface area contributed by atoms with Crippen LogP contribution in [0.1, 0.15) is 76.3 Å². The summed E-state index contributed by atoms with van der Waals surface area (Å²) in [5.74, 6) is -6.08. The standard InChI is InChI=1S/C43H48BCl3NO14/c1-22-27(59-37(54)32(51)31(48-44-21-49)25-13-9-7-10-14-25)18-42(56)35(61-36(53)26-15-11-8-12-16-26)33-40(6,34(52)23(2)30(22)39(42,4)5)28(60-38(55)58-20-43(45,46)47)17-29-41(33,19-57-29)62-24(3)50/h7-16,21,23,27-29,31-33,35,48,51,56H,17-20H2,1-6H3/t23-,27+,28+,29-,31+,32-,33+,35+,40-,41+,42-/m1/s1. The van der Waals surface area contributed by atoms with Crippen molar-refractivity contribution in [2.75, 3.05) is 13.2 Å². The molecule has 3 fully saturated rings. The topological polar surface area (TPSA) is 210 Å². The van der Waals surface area contributed by atoms with Crippen molar-refractivity contribution in [3.63, 3.8) is 0 Å². The number of halogens is 3. The number of rotatable bonds is 12. The highest BCUT2D eigenvalue weighted by Gasteiger charge is 2.78. The van der Waals surface area contributed by atoms with E-state index in [9.17, 15) is 34.2 Å². The highest BCUT2D eigenvalue weighted by atomic mass is 35.6. The van der Waals surface area contributed by atoms with E-state index in [4.69, 9.17) is 63.2 Å². The molecule has 4 aliphatic rings. The molecule has 6 rings (SSSR count). The number of hydrogen-bond donors (Lipinski definition) is 3. The molecular formula is C43H48BCl3NO14. The van der Waals surface area contributed by atoms with E-state index in [2.05, 4.69) is 5.23 Å². The van der Waals surface area contributed by atoms with Gasteiger partial charge in [-0.3, -0.25) is 9.59 Å². The molecule has 15 nitrogen and oxygen atoms in total. The molecule has 333 valence electrons. The number of carbonyl (C=O) groups is 6. The minimum atomic E-state index is -2.30. The zero-order valence-electron chi connectivity index (χ0n) is 34.8. The van der Waals surface area contributed by atoms with Crippen LogP contribution < -0.4 is 5.23 Å². The summed E-state index contributed by atoms with van der Waals surface area (Å²) >= 11 is 17.5. The molecule has 2 aromatic carbocycles. The second-order valence-corrected chi connectivity index (χ2v) is 19.5. The number of aliphatic hydroxyl groups excluding tert-OH is 1. The number of esters is 3. The lowest BCUT2D eigenvalue weighted by atomic mass is 9.43. The van der Waals surface area contributed by atoms with Crippen LogP contribution >= 0.6 is 34.8 Å². The molecule has 0 amide bonds.